The molecule has 2 aliphatic heterocycles. The minimum absolute atomic E-state index is 0.0799. The van der Waals surface area contributed by atoms with Gasteiger partial charge in [-0.3, -0.25) is 14.7 Å². The van der Waals surface area contributed by atoms with Crippen LogP contribution in [0.15, 0.2) is 67.0 Å². The van der Waals surface area contributed by atoms with E-state index in [1.54, 1.807) is 24.4 Å². The van der Waals surface area contributed by atoms with Crippen LogP contribution in [0.4, 0.5) is 0 Å². The predicted molar refractivity (Wildman–Crippen MR) is 206 cm³/mol. The van der Waals surface area contributed by atoms with Gasteiger partial charge in [0.25, 0.3) is 0 Å². The molecule has 3 heterocycles. The van der Waals surface area contributed by atoms with E-state index < -0.39 is 12.0 Å². The van der Waals surface area contributed by atoms with E-state index in [0.29, 0.717) is 60.0 Å². The summed E-state index contributed by atoms with van der Waals surface area (Å²) in [6.07, 6.45) is 6.40. The normalized spacial score (nSPS) is 20.9. The zero-order chi connectivity index (χ0) is 37.8. The fourth-order valence-electron chi connectivity index (χ4n) is 8.00. The molecule has 1 unspecified atom stereocenters. The van der Waals surface area contributed by atoms with Gasteiger partial charge in [-0.25, -0.2) is 0 Å². The Morgan fingerprint density at radius 3 is 2.46 bits per heavy atom. The molecule has 0 radical (unpaired) electrons. The van der Waals surface area contributed by atoms with Gasteiger partial charge in [0.1, 0.15) is 42.6 Å². The number of carbonyl (C=O) groups is 1. The number of likely N-dealkylation sites (tertiary alicyclic amines) is 2. The first-order valence-electron chi connectivity index (χ1n) is 18.8. The lowest BCUT2D eigenvalue weighted by Crippen LogP contribution is -2.44. The van der Waals surface area contributed by atoms with E-state index in [-0.39, 0.29) is 19.3 Å². The van der Waals surface area contributed by atoms with Crippen LogP contribution in [-0.2, 0) is 24.6 Å². The quantitative estimate of drug-likeness (QED) is 0.121. The lowest BCUT2D eigenvalue weighted by Gasteiger charge is -2.33. The first kappa shape index (κ1) is 37.6. The molecule has 3 fully saturated rings. The summed E-state index contributed by atoms with van der Waals surface area (Å²) in [4.78, 5) is 20.6. The number of aliphatic hydroxyl groups is 1. The molecule has 4 aromatic rings. The van der Waals surface area contributed by atoms with Crippen LogP contribution in [0.25, 0.3) is 11.1 Å². The van der Waals surface area contributed by atoms with Crippen LogP contribution in [0.3, 0.4) is 0 Å². The number of hydrogen-bond acceptors (Lipinski definition) is 9. The highest BCUT2D eigenvalue weighted by Gasteiger charge is 2.54. The number of pyridine rings is 1. The summed E-state index contributed by atoms with van der Waals surface area (Å²) in [5.41, 5.74) is 7.31. The predicted octanol–water partition coefficient (Wildman–Crippen LogP) is 7.18. The van der Waals surface area contributed by atoms with Crippen molar-refractivity contribution in [2.45, 2.75) is 71.4 Å². The number of ether oxygens (including phenoxy) is 3. The molecule has 282 valence electrons. The number of hydrogen-bond donors (Lipinski definition) is 2. The molecule has 0 bridgehead atoms. The Kier molecular flexibility index (Phi) is 11.7. The third kappa shape index (κ3) is 8.50. The topological polar surface area (TPSA) is 128 Å². The lowest BCUT2D eigenvalue weighted by atomic mass is 9.93. The number of piperidine rings is 2. The molecule has 1 aromatic heterocycles. The lowest BCUT2D eigenvalue weighted by molar-refractivity contribution is -0.144. The monoisotopic (exact) mass is 750 g/mol. The average molecular weight is 751 g/mol. The largest absolute Gasteiger partial charge is 0.493 e. The third-order valence-electron chi connectivity index (χ3n) is 11.2. The Bertz CT molecular complexity index is 2020. The number of fused-ring (bicyclic) bond motifs is 1. The van der Waals surface area contributed by atoms with Crippen LogP contribution in [0.5, 0.6) is 17.2 Å². The van der Waals surface area contributed by atoms with Crippen LogP contribution < -0.4 is 14.2 Å². The molecule has 3 aromatic carbocycles. The molecule has 1 saturated carbocycles. The van der Waals surface area contributed by atoms with Gasteiger partial charge in [0, 0.05) is 67.6 Å². The van der Waals surface area contributed by atoms with Crippen LogP contribution >= 0.6 is 11.6 Å². The highest BCUT2D eigenvalue weighted by molar-refractivity contribution is 6.32. The zero-order valence-electron chi connectivity index (χ0n) is 30.8. The van der Waals surface area contributed by atoms with Gasteiger partial charge >= 0.3 is 5.97 Å². The molecule has 11 heteroatoms. The molecular formula is C43H47ClN4O6. The van der Waals surface area contributed by atoms with Crippen molar-refractivity contribution in [3.63, 3.8) is 0 Å². The Hall–Kier alpha value is -4.66. The Labute approximate surface area is 321 Å². The fraction of sp³-hybridized carbons (Fsp3) is 0.419. The molecule has 2 saturated heterocycles. The van der Waals surface area contributed by atoms with E-state index >= 15 is 0 Å². The summed E-state index contributed by atoms with van der Waals surface area (Å²) in [5.74, 6) is 1.98. The van der Waals surface area contributed by atoms with Crippen LogP contribution in [-0.4, -0.2) is 75.9 Å². The smallest absolute Gasteiger partial charge is 0.320 e. The van der Waals surface area contributed by atoms with E-state index in [1.165, 1.54) is 6.20 Å². The first-order chi connectivity index (χ1) is 26.2. The SMILES string of the molecule is Cc1c(COc2cc(OCc3cncc(C#N)c3)c(CN3CCCC[C@H]3C(=O)O)cc2Cl)cccc1-c1cccc(OCCCN2CC3[C@@H](O)[C@@H]3C2)c1C. The van der Waals surface area contributed by atoms with Gasteiger partial charge < -0.3 is 29.3 Å². The summed E-state index contributed by atoms with van der Waals surface area (Å²) in [7, 11) is 0. The van der Waals surface area contributed by atoms with E-state index in [0.717, 1.165) is 83.6 Å². The van der Waals surface area contributed by atoms with Gasteiger partial charge in [-0.1, -0.05) is 48.4 Å². The van der Waals surface area contributed by atoms with Crippen molar-refractivity contribution in [2.24, 2.45) is 11.8 Å². The number of aliphatic carboxylic acids is 1. The summed E-state index contributed by atoms with van der Waals surface area (Å²) < 4.78 is 19.0. The number of aromatic nitrogens is 1. The summed E-state index contributed by atoms with van der Waals surface area (Å²) in [6.45, 7) is 9.26. The van der Waals surface area contributed by atoms with Crippen molar-refractivity contribution >= 4 is 17.6 Å². The van der Waals surface area contributed by atoms with Gasteiger partial charge in [-0.2, -0.15) is 5.26 Å². The molecular weight excluding hydrogens is 704 g/mol. The van der Waals surface area contributed by atoms with Crippen molar-refractivity contribution in [3.8, 4) is 34.4 Å². The van der Waals surface area contributed by atoms with Crippen LogP contribution in [0.1, 0.15) is 59.1 Å². The Balaban J connectivity index is 1.05. The number of nitrogens with zero attached hydrogens (tertiary/aromatic N) is 4. The number of halogens is 1. The number of carboxylic acid groups (broad SMARTS) is 1. The Morgan fingerprint density at radius 1 is 0.926 bits per heavy atom. The highest BCUT2D eigenvalue weighted by atomic mass is 35.5. The highest BCUT2D eigenvalue weighted by Crippen LogP contribution is 2.45. The second kappa shape index (κ2) is 16.8. The first-order valence-corrected chi connectivity index (χ1v) is 19.2. The second-order valence-electron chi connectivity index (χ2n) is 14.8. The maximum atomic E-state index is 12.1. The summed E-state index contributed by atoms with van der Waals surface area (Å²) in [5, 5.41) is 29.5. The summed E-state index contributed by atoms with van der Waals surface area (Å²) in [6, 6.07) is 19.2. The second-order valence-corrected chi connectivity index (χ2v) is 15.2. The molecule has 54 heavy (non-hydrogen) atoms. The van der Waals surface area contributed by atoms with Gasteiger partial charge in [0.15, 0.2) is 0 Å². The fourth-order valence-corrected chi connectivity index (χ4v) is 8.24. The van der Waals surface area contributed by atoms with Crippen molar-refractivity contribution < 1.29 is 29.2 Å². The van der Waals surface area contributed by atoms with Gasteiger partial charge in [-0.05, 0) is 85.7 Å². The number of carboxylic acids is 1. The molecule has 0 spiro atoms. The van der Waals surface area contributed by atoms with Crippen LogP contribution in [0, 0.1) is 37.0 Å². The van der Waals surface area contributed by atoms with Crippen molar-refractivity contribution in [1.82, 2.24) is 14.8 Å². The maximum absolute atomic E-state index is 12.1. The molecule has 1 aliphatic carbocycles. The third-order valence-corrected chi connectivity index (χ3v) is 11.5. The van der Waals surface area contributed by atoms with Crippen molar-refractivity contribution in [2.75, 3.05) is 32.8 Å². The molecule has 10 nitrogen and oxygen atoms in total. The van der Waals surface area contributed by atoms with E-state index in [4.69, 9.17) is 25.8 Å². The van der Waals surface area contributed by atoms with Crippen LogP contribution in [0.2, 0.25) is 5.02 Å². The maximum Gasteiger partial charge on any atom is 0.320 e. The molecule has 2 N–H and O–H groups in total. The molecule has 3 aliphatic rings. The standard InChI is InChI=1S/C43H47ClN4O6/c1-27-31(8-5-9-33(27)34-10-6-12-39(28(34)2)52-15-7-13-47-23-35-36(24-47)42(35)49)26-54-41-18-40(53-25-30-16-29(19-45)20-46-21-30)32(17-37(41)44)22-48-14-4-3-11-38(48)43(50)51/h5-6,8-10,12,16-18,20-21,35-36,38,42,49H,3-4,7,11,13-15,22-26H2,1-2H3,(H,50,51)/t35-,36?,38+,42+/m1/s1. The number of rotatable bonds is 15. The Morgan fingerprint density at radius 2 is 1.69 bits per heavy atom. The van der Waals surface area contributed by atoms with Crippen molar-refractivity contribution in [1.29, 1.82) is 5.26 Å². The minimum atomic E-state index is -0.832. The number of aliphatic hydroxyl groups excluding tert-OH is 1. The molecule has 0 amide bonds. The van der Waals surface area contributed by atoms with Gasteiger partial charge in [0.05, 0.1) is 23.3 Å². The minimum Gasteiger partial charge on any atom is -0.493 e. The van der Waals surface area contributed by atoms with Gasteiger partial charge in [0.2, 0.25) is 0 Å². The average Bonchev–Trinajstić information content (AvgIpc) is 3.54. The van der Waals surface area contributed by atoms with Crippen molar-refractivity contribution in [3.05, 3.63) is 105 Å². The molecule has 7 rings (SSSR count). The molecule has 4 atom stereocenters. The van der Waals surface area contributed by atoms with E-state index in [9.17, 15) is 20.3 Å². The number of nitriles is 1. The van der Waals surface area contributed by atoms with Gasteiger partial charge in [-0.15, -0.1) is 0 Å². The zero-order valence-corrected chi connectivity index (χ0v) is 31.6. The van der Waals surface area contributed by atoms with E-state index in [1.807, 2.05) is 29.2 Å². The number of benzene rings is 3. The van der Waals surface area contributed by atoms with E-state index in [2.05, 4.69) is 41.9 Å². The summed E-state index contributed by atoms with van der Waals surface area (Å²) >= 11 is 6.86.